The molecule has 3 rings (SSSR count). The largest absolute Gasteiger partial charge is 0.506 e. The summed E-state index contributed by atoms with van der Waals surface area (Å²) in [6, 6.07) is 4.87. The fraction of sp³-hybridized carbons (Fsp3) is 0.412. The van der Waals surface area contributed by atoms with Crippen LogP contribution < -0.4 is 20.5 Å². The Balaban J connectivity index is 2.20. The van der Waals surface area contributed by atoms with Gasteiger partial charge in [0.15, 0.2) is 0 Å². The van der Waals surface area contributed by atoms with Crippen molar-refractivity contribution in [3.63, 3.8) is 0 Å². The summed E-state index contributed by atoms with van der Waals surface area (Å²) >= 11 is 0. The van der Waals surface area contributed by atoms with Gasteiger partial charge in [-0.15, -0.1) is 4.73 Å². The molecule has 0 saturated heterocycles. The van der Waals surface area contributed by atoms with Gasteiger partial charge in [0.2, 0.25) is 0 Å². The molecule has 1 aliphatic carbocycles. The molecule has 1 saturated carbocycles. The maximum absolute atomic E-state index is 12.7. The second-order valence-electron chi connectivity index (χ2n) is 5.80. The van der Waals surface area contributed by atoms with Crippen LogP contribution in [0.4, 0.5) is 0 Å². The molecule has 1 amide bonds. The first-order valence-corrected chi connectivity index (χ1v) is 7.94. The smallest absolute Gasteiger partial charge is 0.300 e. The number of nitrogens with zero attached hydrogens (tertiary/aromatic N) is 1. The number of nitrogens with one attached hydrogen (secondary N) is 1. The van der Waals surface area contributed by atoms with Gasteiger partial charge in [-0.2, -0.15) is 0 Å². The van der Waals surface area contributed by atoms with E-state index < -0.39 is 11.5 Å². The van der Waals surface area contributed by atoms with Crippen LogP contribution in [0.2, 0.25) is 0 Å². The Hall–Kier alpha value is -2.70. The lowest BCUT2D eigenvalue weighted by molar-refractivity contribution is 0.0912. The molecule has 1 fully saturated rings. The van der Waals surface area contributed by atoms with Crippen LogP contribution in [0.1, 0.15) is 30.1 Å². The van der Waals surface area contributed by atoms with E-state index in [4.69, 9.17) is 9.57 Å². The molecule has 1 aromatic carbocycles. The Labute approximate surface area is 138 Å². The summed E-state index contributed by atoms with van der Waals surface area (Å²) < 4.78 is 6.26. The minimum absolute atomic E-state index is 0.325. The van der Waals surface area contributed by atoms with E-state index in [0.29, 0.717) is 35.7 Å². The van der Waals surface area contributed by atoms with E-state index in [0.717, 1.165) is 17.6 Å². The number of aromatic hydroxyl groups is 1. The molecule has 24 heavy (non-hydrogen) atoms. The van der Waals surface area contributed by atoms with Crippen molar-refractivity contribution in [2.45, 2.75) is 19.8 Å². The molecule has 0 unspecified atom stereocenters. The first-order valence-electron chi connectivity index (χ1n) is 7.94. The zero-order chi connectivity index (χ0) is 17.3. The quantitative estimate of drug-likeness (QED) is 0.832. The van der Waals surface area contributed by atoms with E-state index in [1.165, 1.54) is 7.11 Å². The van der Waals surface area contributed by atoms with Gasteiger partial charge in [-0.25, -0.2) is 0 Å². The van der Waals surface area contributed by atoms with Crippen LogP contribution >= 0.6 is 0 Å². The minimum atomic E-state index is -0.670. The van der Waals surface area contributed by atoms with Crippen molar-refractivity contribution >= 4 is 16.8 Å². The molecule has 1 heterocycles. The summed E-state index contributed by atoms with van der Waals surface area (Å²) in [5, 5.41) is 13.3. The third-order valence-corrected chi connectivity index (χ3v) is 4.01. The molecule has 128 valence electrons. The Kier molecular flexibility index (Phi) is 4.33. The lowest BCUT2D eigenvalue weighted by atomic mass is 10.1. The number of hydrogen-bond acceptors (Lipinski definition) is 5. The first kappa shape index (κ1) is 16.2. The number of carbonyl (C=O) groups excluding carboxylic acids is 1. The second-order valence-corrected chi connectivity index (χ2v) is 5.80. The summed E-state index contributed by atoms with van der Waals surface area (Å²) in [6.07, 6.45) is 2.14. The van der Waals surface area contributed by atoms with Crippen LogP contribution in [-0.4, -0.2) is 36.0 Å². The van der Waals surface area contributed by atoms with Crippen LogP contribution in [0.25, 0.3) is 10.9 Å². The van der Waals surface area contributed by atoms with Crippen molar-refractivity contribution < 1.29 is 19.5 Å². The number of rotatable bonds is 6. The van der Waals surface area contributed by atoms with Crippen molar-refractivity contribution in [2.75, 3.05) is 20.3 Å². The Morgan fingerprint density at radius 2 is 2.17 bits per heavy atom. The van der Waals surface area contributed by atoms with Crippen molar-refractivity contribution in [1.29, 1.82) is 0 Å². The number of benzene rings is 1. The number of pyridine rings is 1. The highest BCUT2D eigenvalue weighted by atomic mass is 16.7. The maximum atomic E-state index is 12.7. The molecular formula is C17H20N2O5. The van der Waals surface area contributed by atoms with Crippen molar-refractivity contribution in [3.8, 4) is 11.5 Å². The zero-order valence-corrected chi connectivity index (χ0v) is 13.7. The van der Waals surface area contributed by atoms with E-state index in [1.807, 2.05) is 0 Å². The predicted octanol–water partition coefficient (Wildman–Crippen LogP) is 1.30. The summed E-state index contributed by atoms with van der Waals surface area (Å²) in [6.45, 7) is 2.48. The van der Waals surface area contributed by atoms with Gasteiger partial charge in [-0.1, -0.05) is 0 Å². The van der Waals surface area contributed by atoms with E-state index in [-0.39, 0.29) is 11.3 Å². The average molecular weight is 332 g/mol. The normalized spacial score (nSPS) is 13.8. The standard InChI is InChI=1S/C17H20N2O5/c1-3-18-16(21)14-15(20)12-8-11(23-2)6-7-13(12)19(17(14)22)24-9-10-4-5-10/h6-8,10,20H,3-5,9H2,1-2H3,(H,18,21). The topological polar surface area (TPSA) is 89.8 Å². The van der Waals surface area contributed by atoms with Gasteiger partial charge in [0, 0.05) is 11.9 Å². The van der Waals surface area contributed by atoms with Crippen molar-refractivity contribution in [3.05, 3.63) is 34.1 Å². The molecule has 0 bridgehead atoms. The van der Waals surface area contributed by atoms with E-state index in [2.05, 4.69) is 5.32 Å². The summed E-state index contributed by atoms with van der Waals surface area (Å²) in [5.41, 5.74) is -0.600. The molecule has 7 heteroatoms. The van der Waals surface area contributed by atoms with Crippen LogP contribution in [-0.2, 0) is 0 Å². The van der Waals surface area contributed by atoms with Gasteiger partial charge in [-0.05, 0) is 43.9 Å². The monoisotopic (exact) mass is 332 g/mol. The molecule has 1 aliphatic rings. The highest BCUT2D eigenvalue weighted by Crippen LogP contribution is 2.31. The van der Waals surface area contributed by atoms with E-state index in [9.17, 15) is 14.7 Å². The Morgan fingerprint density at radius 3 is 2.79 bits per heavy atom. The summed E-state index contributed by atoms with van der Waals surface area (Å²) in [7, 11) is 1.50. The number of ether oxygens (including phenoxy) is 1. The minimum Gasteiger partial charge on any atom is -0.506 e. The number of hydrogen-bond donors (Lipinski definition) is 2. The lowest BCUT2D eigenvalue weighted by Gasteiger charge is -2.15. The third kappa shape index (κ3) is 2.89. The molecule has 0 radical (unpaired) electrons. The van der Waals surface area contributed by atoms with Gasteiger partial charge in [0.25, 0.3) is 11.5 Å². The van der Waals surface area contributed by atoms with Crippen LogP contribution in [0.3, 0.4) is 0 Å². The van der Waals surface area contributed by atoms with Crippen molar-refractivity contribution in [2.24, 2.45) is 5.92 Å². The van der Waals surface area contributed by atoms with Crippen LogP contribution in [0, 0.1) is 5.92 Å². The van der Waals surface area contributed by atoms with Gasteiger partial charge >= 0.3 is 0 Å². The summed E-state index contributed by atoms with van der Waals surface area (Å²) in [4.78, 5) is 30.6. The number of fused-ring (bicyclic) bond motifs is 1. The van der Waals surface area contributed by atoms with E-state index >= 15 is 0 Å². The summed E-state index contributed by atoms with van der Waals surface area (Å²) in [5.74, 6) is -0.0569. The van der Waals surface area contributed by atoms with Gasteiger partial charge in [0.1, 0.15) is 23.7 Å². The maximum Gasteiger partial charge on any atom is 0.300 e. The number of amides is 1. The van der Waals surface area contributed by atoms with Crippen LogP contribution in [0.15, 0.2) is 23.0 Å². The lowest BCUT2D eigenvalue weighted by Crippen LogP contribution is -2.36. The molecule has 1 aromatic heterocycles. The molecule has 2 aromatic rings. The molecule has 0 spiro atoms. The van der Waals surface area contributed by atoms with E-state index in [1.54, 1.807) is 25.1 Å². The third-order valence-electron chi connectivity index (χ3n) is 4.01. The fourth-order valence-electron chi connectivity index (χ4n) is 2.50. The highest BCUT2D eigenvalue weighted by Gasteiger charge is 2.26. The number of carbonyl (C=O) groups is 1. The van der Waals surface area contributed by atoms with Gasteiger partial charge in [-0.3, -0.25) is 9.59 Å². The molecular weight excluding hydrogens is 312 g/mol. The number of methoxy groups -OCH3 is 1. The van der Waals surface area contributed by atoms with Gasteiger partial charge < -0.3 is 20.0 Å². The molecule has 2 N–H and O–H groups in total. The van der Waals surface area contributed by atoms with Crippen molar-refractivity contribution in [1.82, 2.24) is 10.0 Å². The SMILES string of the molecule is CCNC(=O)c1c(O)c2cc(OC)ccc2n(OCC2CC2)c1=O. The van der Waals surface area contributed by atoms with Gasteiger partial charge in [0.05, 0.1) is 12.6 Å². The first-order chi connectivity index (χ1) is 11.6. The highest BCUT2D eigenvalue weighted by molar-refractivity contribution is 6.02. The zero-order valence-electron chi connectivity index (χ0n) is 13.7. The second kappa shape index (κ2) is 6.43. The molecule has 0 aliphatic heterocycles. The number of aromatic nitrogens is 1. The average Bonchev–Trinajstić information content (AvgIpc) is 3.39. The Bertz CT molecular complexity index is 839. The molecule has 7 nitrogen and oxygen atoms in total. The predicted molar refractivity (Wildman–Crippen MR) is 88.6 cm³/mol. The Morgan fingerprint density at radius 1 is 1.42 bits per heavy atom. The van der Waals surface area contributed by atoms with Crippen LogP contribution in [0.5, 0.6) is 11.5 Å². The fourth-order valence-corrected chi connectivity index (χ4v) is 2.50. The molecule has 0 atom stereocenters.